The summed E-state index contributed by atoms with van der Waals surface area (Å²) in [4.78, 5) is 8.47. The van der Waals surface area contributed by atoms with Crippen LogP contribution in [-0.2, 0) is 6.54 Å². The van der Waals surface area contributed by atoms with Crippen molar-refractivity contribution in [1.82, 2.24) is 10.1 Å². The lowest BCUT2D eigenvalue weighted by Gasteiger charge is -2.06. The highest BCUT2D eigenvalue weighted by molar-refractivity contribution is 6.30. The molecule has 0 unspecified atom stereocenters. The van der Waals surface area contributed by atoms with Gasteiger partial charge in [-0.15, -0.1) is 0 Å². The zero-order valence-corrected chi connectivity index (χ0v) is 14.2. The number of halogens is 1. The molecule has 0 fully saturated rings. The van der Waals surface area contributed by atoms with E-state index >= 15 is 0 Å². The molecule has 8 heteroatoms. The van der Waals surface area contributed by atoms with Crippen molar-refractivity contribution in [3.63, 3.8) is 0 Å². The van der Waals surface area contributed by atoms with Crippen LogP contribution in [-0.4, -0.2) is 23.2 Å². The molecule has 0 aliphatic rings. The average molecular weight is 358 g/mol. The molecule has 0 saturated carbocycles. The number of methoxy groups -OCH3 is 1. The Kier molecular flexibility index (Phi) is 5.15. The fourth-order valence-electron chi connectivity index (χ4n) is 2.10. The van der Waals surface area contributed by atoms with Crippen molar-refractivity contribution in [3.05, 3.63) is 59.4 Å². The Hall–Kier alpha value is -3.06. The second-order valence-electron chi connectivity index (χ2n) is 5.08. The first-order valence-electron chi connectivity index (χ1n) is 7.43. The molecule has 0 saturated heterocycles. The number of ether oxygens (including phenoxy) is 1. The zero-order valence-electron chi connectivity index (χ0n) is 13.4. The number of aliphatic imine (C=N–C) groups is 1. The Labute approximate surface area is 149 Å². The van der Waals surface area contributed by atoms with Crippen molar-refractivity contribution in [2.24, 2.45) is 10.7 Å². The monoisotopic (exact) mass is 357 g/mol. The van der Waals surface area contributed by atoms with Gasteiger partial charge in [-0.05, 0) is 24.3 Å². The van der Waals surface area contributed by atoms with Crippen LogP contribution >= 0.6 is 11.6 Å². The van der Waals surface area contributed by atoms with Gasteiger partial charge in [0, 0.05) is 22.3 Å². The summed E-state index contributed by atoms with van der Waals surface area (Å²) in [6.07, 6.45) is 0. The summed E-state index contributed by atoms with van der Waals surface area (Å²) in [6, 6.07) is 14.6. The smallest absolute Gasteiger partial charge is 0.248 e. The quantitative estimate of drug-likeness (QED) is 0.537. The number of guanidine groups is 1. The molecule has 3 N–H and O–H groups in total. The normalized spacial score (nSPS) is 11.4. The third-order valence-electron chi connectivity index (χ3n) is 3.28. The van der Waals surface area contributed by atoms with Gasteiger partial charge < -0.3 is 20.3 Å². The molecule has 25 heavy (non-hydrogen) atoms. The molecule has 1 heterocycles. The Morgan fingerprint density at radius 3 is 2.92 bits per heavy atom. The highest BCUT2D eigenvalue weighted by Crippen LogP contribution is 2.20. The summed E-state index contributed by atoms with van der Waals surface area (Å²) in [5.41, 5.74) is 7.42. The summed E-state index contributed by atoms with van der Waals surface area (Å²) in [5, 5.41) is 7.50. The summed E-state index contributed by atoms with van der Waals surface area (Å²) >= 11 is 5.96. The minimum absolute atomic E-state index is 0.163. The van der Waals surface area contributed by atoms with Crippen molar-refractivity contribution in [1.29, 1.82) is 0 Å². The highest BCUT2D eigenvalue weighted by Gasteiger charge is 2.08. The lowest BCUT2D eigenvalue weighted by molar-refractivity contribution is 0.381. The molecule has 0 spiro atoms. The van der Waals surface area contributed by atoms with E-state index < -0.39 is 0 Å². The van der Waals surface area contributed by atoms with Crippen LogP contribution in [0.5, 0.6) is 5.75 Å². The van der Waals surface area contributed by atoms with Crippen LogP contribution in [0.15, 0.2) is 58.0 Å². The number of nitrogens with zero attached hydrogens (tertiary/aromatic N) is 3. The predicted molar refractivity (Wildman–Crippen MR) is 96.7 cm³/mol. The molecule has 0 radical (unpaired) electrons. The maximum atomic E-state index is 5.96. The molecule has 1 aromatic heterocycles. The van der Waals surface area contributed by atoms with Gasteiger partial charge in [-0.3, -0.25) is 0 Å². The number of hydrogen-bond acceptors (Lipinski definition) is 5. The minimum atomic E-state index is 0.163. The number of hydrogen-bond donors (Lipinski definition) is 2. The second-order valence-corrected chi connectivity index (χ2v) is 5.52. The van der Waals surface area contributed by atoms with Crippen LogP contribution in [0, 0.1) is 0 Å². The second kappa shape index (κ2) is 7.67. The fraction of sp³-hybridized carbons (Fsp3) is 0.118. The van der Waals surface area contributed by atoms with E-state index in [0.29, 0.717) is 16.7 Å². The maximum Gasteiger partial charge on any atom is 0.248 e. The van der Waals surface area contributed by atoms with Gasteiger partial charge in [0.25, 0.3) is 0 Å². The Morgan fingerprint density at radius 1 is 1.28 bits per heavy atom. The molecule has 3 aromatic rings. The molecule has 0 bridgehead atoms. The summed E-state index contributed by atoms with van der Waals surface area (Å²) < 4.78 is 10.3. The predicted octanol–water partition coefficient (Wildman–Crippen LogP) is 3.33. The van der Waals surface area contributed by atoms with Gasteiger partial charge in [0.1, 0.15) is 12.3 Å². The summed E-state index contributed by atoms with van der Waals surface area (Å²) in [7, 11) is 1.60. The van der Waals surface area contributed by atoms with E-state index in [1.165, 1.54) is 0 Å². The Balaban J connectivity index is 1.65. The van der Waals surface area contributed by atoms with Gasteiger partial charge in [-0.1, -0.05) is 35.0 Å². The number of benzene rings is 2. The average Bonchev–Trinajstić information content (AvgIpc) is 3.09. The molecule has 7 nitrogen and oxygen atoms in total. The largest absolute Gasteiger partial charge is 0.497 e. The summed E-state index contributed by atoms with van der Waals surface area (Å²) in [5.74, 6) is 1.76. The zero-order chi connectivity index (χ0) is 17.6. The molecule has 0 aliphatic heterocycles. The topological polar surface area (TPSA) is 98.6 Å². The number of nitrogens with two attached hydrogens (primary N) is 1. The van der Waals surface area contributed by atoms with Gasteiger partial charge in [-0.25, -0.2) is 4.99 Å². The van der Waals surface area contributed by atoms with Crippen LogP contribution in [0.2, 0.25) is 5.02 Å². The van der Waals surface area contributed by atoms with E-state index in [-0.39, 0.29) is 12.5 Å². The molecule has 0 amide bonds. The molecule has 2 aromatic carbocycles. The van der Waals surface area contributed by atoms with E-state index in [1.54, 1.807) is 19.2 Å². The lowest BCUT2D eigenvalue weighted by Crippen LogP contribution is -2.22. The number of anilines is 1. The first kappa shape index (κ1) is 16.8. The molecular formula is C17H16ClN5O2. The summed E-state index contributed by atoms with van der Waals surface area (Å²) in [6.45, 7) is 0.163. The number of rotatable bonds is 5. The van der Waals surface area contributed by atoms with Crippen LogP contribution in [0.3, 0.4) is 0 Å². The number of aromatic nitrogens is 2. The van der Waals surface area contributed by atoms with E-state index in [1.807, 2.05) is 36.4 Å². The van der Waals surface area contributed by atoms with Gasteiger partial charge in [0.15, 0.2) is 5.96 Å². The van der Waals surface area contributed by atoms with Crippen LogP contribution in [0.25, 0.3) is 11.4 Å². The lowest BCUT2D eigenvalue weighted by atomic mass is 10.2. The van der Waals surface area contributed by atoms with Gasteiger partial charge in [0.05, 0.1) is 7.11 Å². The standard InChI is InChI=1S/C17H16ClN5O2/c1-24-14-7-3-6-13(9-14)21-17(19)20-10-15-22-16(23-25-15)11-4-2-5-12(18)8-11/h2-9H,10H2,1H3,(H3,19,20,21). The van der Waals surface area contributed by atoms with Crippen molar-refractivity contribution >= 4 is 23.2 Å². The van der Waals surface area contributed by atoms with E-state index in [0.717, 1.165) is 17.0 Å². The van der Waals surface area contributed by atoms with Gasteiger partial charge >= 0.3 is 0 Å². The van der Waals surface area contributed by atoms with E-state index in [4.69, 9.17) is 26.6 Å². The third-order valence-corrected chi connectivity index (χ3v) is 3.51. The van der Waals surface area contributed by atoms with Crippen molar-refractivity contribution < 1.29 is 9.26 Å². The van der Waals surface area contributed by atoms with Crippen molar-refractivity contribution in [3.8, 4) is 17.1 Å². The van der Waals surface area contributed by atoms with E-state index in [9.17, 15) is 0 Å². The Bertz CT molecular complexity index is 894. The van der Waals surface area contributed by atoms with E-state index in [2.05, 4.69) is 20.4 Å². The molecular weight excluding hydrogens is 342 g/mol. The van der Waals surface area contributed by atoms with Crippen LogP contribution in [0.4, 0.5) is 5.69 Å². The third kappa shape index (κ3) is 4.48. The van der Waals surface area contributed by atoms with Crippen LogP contribution in [0.1, 0.15) is 5.89 Å². The van der Waals surface area contributed by atoms with Gasteiger partial charge in [0.2, 0.25) is 11.7 Å². The van der Waals surface area contributed by atoms with Crippen LogP contribution < -0.4 is 15.8 Å². The maximum absolute atomic E-state index is 5.96. The van der Waals surface area contributed by atoms with Crippen molar-refractivity contribution in [2.45, 2.75) is 6.54 Å². The highest BCUT2D eigenvalue weighted by atomic mass is 35.5. The first-order chi connectivity index (χ1) is 12.1. The first-order valence-corrected chi connectivity index (χ1v) is 7.81. The SMILES string of the molecule is COc1cccc(NC(N)=NCc2nc(-c3cccc(Cl)c3)no2)c1. The molecule has 0 aliphatic carbocycles. The minimum Gasteiger partial charge on any atom is -0.497 e. The van der Waals surface area contributed by atoms with Gasteiger partial charge in [-0.2, -0.15) is 4.98 Å². The molecule has 128 valence electrons. The fourth-order valence-corrected chi connectivity index (χ4v) is 2.30. The molecule has 0 atom stereocenters. The number of nitrogens with one attached hydrogen (secondary N) is 1. The van der Waals surface area contributed by atoms with Crippen molar-refractivity contribution in [2.75, 3.05) is 12.4 Å². The Morgan fingerprint density at radius 2 is 2.12 bits per heavy atom. The molecule has 3 rings (SSSR count).